The molecule has 4 aromatic rings. The Morgan fingerprint density at radius 1 is 0.833 bits per heavy atom. The average molecular weight is 391 g/mol. The van der Waals surface area contributed by atoms with Crippen molar-refractivity contribution in [3.8, 4) is 5.75 Å². The standard InChI is InChI=1S/C27H21NO2/c1-30-24-11-7-10-22(19-24)27(29)17-16-23-18-21(15-14-20-8-3-2-4-9-20)25-12-5-6-13-26(25)28-23/h2-19H,1H3/b15-14+,17-16+. The number of methoxy groups -OCH3 is 1. The van der Waals surface area contributed by atoms with Crippen LogP contribution in [0.1, 0.15) is 27.2 Å². The Hall–Kier alpha value is -3.98. The first-order valence-corrected chi connectivity index (χ1v) is 9.72. The fraction of sp³-hybridized carbons (Fsp3) is 0.0370. The molecule has 1 aromatic heterocycles. The lowest BCUT2D eigenvalue weighted by Gasteiger charge is -2.05. The molecule has 0 aliphatic carbocycles. The fourth-order valence-corrected chi connectivity index (χ4v) is 3.23. The van der Waals surface area contributed by atoms with E-state index < -0.39 is 0 Å². The predicted molar refractivity (Wildman–Crippen MR) is 123 cm³/mol. The molecule has 0 unspecified atom stereocenters. The van der Waals surface area contributed by atoms with Crippen molar-refractivity contribution >= 4 is 34.9 Å². The molecule has 0 saturated heterocycles. The molecule has 0 bridgehead atoms. The Bertz CT molecular complexity index is 1240. The Morgan fingerprint density at radius 3 is 2.47 bits per heavy atom. The van der Waals surface area contributed by atoms with Crippen molar-refractivity contribution in [2.45, 2.75) is 0 Å². The highest BCUT2D eigenvalue weighted by Crippen LogP contribution is 2.22. The van der Waals surface area contributed by atoms with E-state index in [0.29, 0.717) is 11.3 Å². The van der Waals surface area contributed by atoms with Crippen molar-refractivity contribution in [3.05, 3.63) is 113 Å². The van der Waals surface area contributed by atoms with E-state index in [1.165, 1.54) is 0 Å². The summed E-state index contributed by atoms with van der Waals surface area (Å²) in [5.41, 5.74) is 4.39. The molecule has 0 amide bonds. The molecule has 0 aliphatic heterocycles. The van der Waals surface area contributed by atoms with Gasteiger partial charge in [0.1, 0.15) is 5.75 Å². The summed E-state index contributed by atoms with van der Waals surface area (Å²) >= 11 is 0. The van der Waals surface area contributed by atoms with Crippen molar-refractivity contribution in [1.82, 2.24) is 4.98 Å². The van der Waals surface area contributed by atoms with Gasteiger partial charge in [0, 0.05) is 10.9 Å². The summed E-state index contributed by atoms with van der Waals surface area (Å²) in [6, 6.07) is 27.3. The lowest BCUT2D eigenvalue weighted by atomic mass is 10.0. The third kappa shape index (κ3) is 4.53. The second-order valence-electron chi connectivity index (χ2n) is 6.83. The van der Waals surface area contributed by atoms with Crippen LogP contribution in [0.2, 0.25) is 0 Å². The van der Waals surface area contributed by atoms with Gasteiger partial charge in [-0.25, -0.2) is 4.98 Å². The van der Waals surface area contributed by atoms with E-state index in [1.54, 1.807) is 37.5 Å². The summed E-state index contributed by atoms with van der Waals surface area (Å²) in [4.78, 5) is 17.3. The van der Waals surface area contributed by atoms with E-state index in [4.69, 9.17) is 9.72 Å². The van der Waals surface area contributed by atoms with E-state index in [1.807, 2.05) is 48.5 Å². The normalized spacial score (nSPS) is 11.4. The van der Waals surface area contributed by atoms with Gasteiger partial charge >= 0.3 is 0 Å². The van der Waals surface area contributed by atoms with Gasteiger partial charge in [0.2, 0.25) is 0 Å². The van der Waals surface area contributed by atoms with Crippen LogP contribution in [-0.2, 0) is 0 Å². The van der Waals surface area contributed by atoms with Crippen molar-refractivity contribution in [2.75, 3.05) is 7.11 Å². The van der Waals surface area contributed by atoms with Crippen LogP contribution in [0, 0.1) is 0 Å². The smallest absolute Gasteiger partial charge is 0.186 e. The minimum absolute atomic E-state index is 0.0924. The van der Waals surface area contributed by atoms with Gasteiger partial charge in [-0.2, -0.15) is 0 Å². The number of pyridine rings is 1. The van der Waals surface area contributed by atoms with Gasteiger partial charge in [-0.1, -0.05) is 72.8 Å². The minimum atomic E-state index is -0.0924. The molecule has 146 valence electrons. The molecule has 4 rings (SSSR count). The van der Waals surface area contributed by atoms with Gasteiger partial charge in [-0.05, 0) is 47.5 Å². The van der Waals surface area contributed by atoms with Crippen LogP contribution in [0.25, 0.3) is 29.1 Å². The average Bonchev–Trinajstić information content (AvgIpc) is 2.81. The van der Waals surface area contributed by atoms with Gasteiger partial charge in [0.25, 0.3) is 0 Å². The molecule has 0 atom stereocenters. The number of para-hydroxylation sites is 1. The van der Waals surface area contributed by atoms with Crippen LogP contribution in [0.4, 0.5) is 0 Å². The van der Waals surface area contributed by atoms with E-state index in [2.05, 4.69) is 30.4 Å². The minimum Gasteiger partial charge on any atom is -0.497 e. The lowest BCUT2D eigenvalue weighted by molar-refractivity contribution is 0.104. The molecule has 3 heteroatoms. The van der Waals surface area contributed by atoms with Crippen LogP contribution in [0.15, 0.2) is 91.0 Å². The number of benzene rings is 3. The largest absolute Gasteiger partial charge is 0.497 e. The van der Waals surface area contributed by atoms with Crippen molar-refractivity contribution in [3.63, 3.8) is 0 Å². The molecule has 0 saturated carbocycles. The second-order valence-corrected chi connectivity index (χ2v) is 6.83. The van der Waals surface area contributed by atoms with Crippen LogP contribution in [0.5, 0.6) is 5.75 Å². The number of rotatable bonds is 6. The third-order valence-electron chi connectivity index (χ3n) is 4.78. The first kappa shape index (κ1) is 19.3. The van der Waals surface area contributed by atoms with Gasteiger partial charge in [0.05, 0.1) is 18.3 Å². The highest BCUT2D eigenvalue weighted by Gasteiger charge is 2.05. The molecule has 0 N–H and O–H groups in total. The monoisotopic (exact) mass is 391 g/mol. The number of nitrogens with zero attached hydrogens (tertiary/aromatic N) is 1. The molecule has 3 nitrogen and oxygen atoms in total. The maximum Gasteiger partial charge on any atom is 0.186 e. The topological polar surface area (TPSA) is 39.2 Å². The Labute approximate surface area is 176 Å². The second kappa shape index (κ2) is 9.01. The van der Waals surface area contributed by atoms with Crippen molar-refractivity contribution < 1.29 is 9.53 Å². The van der Waals surface area contributed by atoms with E-state index >= 15 is 0 Å². The zero-order valence-electron chi connectivity index (χ0n) is 16.7. The first-order chi connectivity index (χ1) is 14.7. The number of carbonyl (C=O) groups is 1. The molecule has 0 fully saturated rings. The van der Waals surface area contributed by atoms with Crippen molar-refractivity contribution in [1.29, 1.82) is 0 Å². The number of hydrogen-bond acceptors (Lipinski definition) is 3. The molecule has 3 aromatic carbocycles. The van der Waals surface area contributed by atoms with E-state index in [0.717, 1.165) is 27.7 Å². The number of aromatic nitrogens is 1. The Balaban J connectivity index is 1.66. The van der Waals surface area contributed by atoms with E-state index in [9.17, 15) is 4.79 Å². The third-order valence-corrected chi connectivity index (χ3v) is 4.78. The maximum absolute atomic E-state index is 12.6. The van der Waals surface area contributed by atoms with Gasteiger partial charge < -0.3 is 4.74 Å². The number of fused-ring (bicyclic) bond motifs is 1. The number of ether oxygens (including phenoxy) is 1. The SMILES string of the molecule is COc1cccc(C(=O)/C=C/c2cc(/C=C/c3ccccc3)c3ccccc3n2)c1. The number of carbonyl (C=O) groups excluding carboxylic acids is 1. The molecular weight excluding hydrogens is 370 g/mol. The van der Waals surface area contributed by atoms with Crippen LogP contribution in [-0.4, -0.2) is 17.9 Å². The fourth-order valence-electron chi connectivity index (χ4n) is 3.23. The van der Waals surface area contributed by atoms with Crippen LogP contribution >= 0.6 is 0 Å². The number of allylic oxidation sites excluding steroid dienone is 1. The van der Waals surface area contributed by atoms with Crippen LogP contribution < -0.4 is 4.74 Å². The number of ketones is 1. The summed E-state index contributed by atoms with van der Waals surface area (Å²) in [7, 11) is 1.59. The van der Waals surface area contributed by atoms with E-state index in [-0.39, 0.29) is 5.78 Å². The first-order valence-electron chi connectivity index (χ1n) is 9.72. The summed E-state index contributed by atoms with van der Waals surface area (Å²) in [5.74, 6) is 0.566. The highest BCUT2D eigenvalue weighted by molar-refractivity contribution is 6.07. The summed E-state index contributed by atoms with van der Waals surface area (Å²) < 4.78 is 5.20. The van der Waals surface area contributed by atoms with Gasteiger partial charge in [0.15, 0.2) is 5.78 Å². The molecule has 30 heavy (non-hydrogen) atoms. The summed E-state index contributed by atoms with van der Waals surface area (Å²) in [6.45, 7) is 0. The van der Waals surface area contributed by atoms with Gasteiger partial charge in [-0.15, -0.1) is 0 Å². The highest BCUT2D eigenvalue weighted by atomic mass is 16.5. The predicted octanol–water partition coefficient (Wildman–Crippen LogP) is 6.31. The zero-order chi connectivity index (χ0) is 20.8. The maximum atomic E-state index is 12.6. The molecule has 1 heterocycles. The molecule has 0 radical (unpaired) electrons. The van der Waals surface area contributed by atoms with Crippen molar-refractivity contribution in [2.24, 2.45) is 0 Å². The quantitative estimate of drug-likeness (QED) is 0.286. The summed E-state index contributed by atoms with van der Waals surface area (Å²) in [5, 5.41) is 1.07. The van der Waals surface area contributed by atoms with Gasteiger partial charge in [-0.3, -0.25) is 4.79 Å². The Morgan fingerprint density at radius 2 is 1.63 bits per heavy atom. The molecular formula is C27H21NO2. The number of hydrogen-bond donors (Lipinski definition) is 0. The molecule has 0 aliphatic rings. The molecule has 0 spiro atoms. The Kier molecular flexibility index (Phi) is 5.81. The zero-order valence-corrected chi connectivity index (χ0v) is 16.7. The summed E-state index contributed by atoms with van der Waals surface area (Å²) in [6.07, 6.45) is 7.47. The lowest BCUT2D eigenvalue weighted by Crippen LogP contribution is -1.95. The van der Waals surface area contributed by atoms with Crippen LogP contribution in [0.3, 0.4) is 0 Å².